The van der Waals surface area contributed by atoms with Gasteiger partial charge in [-0.1, -0.05) is 73.3 Å². The van der Waals surface area contributed by atoms with Gasteiger partial charge in [0.25, 0.3) is 0 Å². The summed E-state index contributed by atoms with van der Waals surface area (Å²) in [7, 11) is 0. The second-order valence-corrected chi connectivity index (χ2v) is 9.87. The van der Waals surface area contributed by atoms with Gasteiger partial charge in [0.2, 0.25) is 0 Å². The highest BCUT2D eigenvalue weighted by Gasteiger charge is 2.21. The van der Waals surface area contributed by atoms with Crippen molar-refractivity contribution in [3.05, 3.63) is 72.4 Å². The average molecular weight is 501 g/mol. The van der Waals surface area contributed by atoms with Crippen molar-refractivity contribution in [2.75, 3.05) is 13.2 Å². The molecule has 0 saturated carbocycles. The van der Waals surface area contributed by atoms with E-state index in [-0.39, 0.29) is 18.6 Å². The van der Waals surface area contributed by atoms with E-state index < -0.39 is 24.3 Å². The summed E-state index contributed by atoms with van der Waals surface area (Å²) >= 11 is 0. The fourth-order valence-corrected chi connectivity index (χ4v) is 4.42. The minimum Gasteiger partial charge on any atom is -0.456 e. The van der Waals surface area contributed by atoms with Gasteiger partial charge in [0.05, 0.1) is 31.5 Å². The zero-order valence-electron chi connectivity index (χ0n) is 22.1. The fourth-order valence-electron chi connectivity index (χ4n) is 4.42. The molecular formula is C30H44O6. The second-order valence-electron chi connectivity index (χ2n) is 9.87. The van der Waals surface area contributed by atoms with E-state index in [1.807, 2.05) is 18.2 Å². The lowest BCUT2D eigenvalue weighted by Gasteiger charge is -2.23. The molecule has 0 fully saturated rings. The van der Waals surface area contributed by atoms with E-state index in [0.29, 0.717) is 25.6 Å². The molecule has 0 radical (unpaired) electrons. The van der Waals surface area contributed by atoms with Crippen LogP contribution in [-0.2, 0) is 19.0 Å². The second kappa shape index (κ2) is 16.5. The molecule has 0 aliphatic carbocycles. The number of allylic oxidation sites excluding steroid dienone is 1. The third-order valence-electron chi connectivity index (χ3n) is 6.26. The minimum atomic E-state index is -0.997. The Balaban J connectivity index is 1.84. The molecule has 2 rings (SSSR count). The minimum absolute atomic E-state index is 0.108. The quantitative estimate of drug-likeness (QED) is 0.195. The standard InChI is InChI=1S/C30H44O6/c1-5-9-30(33)36-29(28(32)14-13-27-20-22(2)15-17-35-27)12-8-10-25(31)19-23(3)18-24(4)21-26-11-6-7-16-34-26/h5-10,13-15,24-29,31-32H,3,11-12,16-21H2,1-2,4H3/b9-5-,10-8+,14-13+/t24?,25-,26?,27?,28?,29?/m0/s1. The molecule has 36 heavy (non-hydrogen) atoms. The molecule has 0 amide bonds. The van der Waals surface area contributed by atoms with Crippen LogP contribution in [0.15, 0.2) is 72.4 Å². The average Bonchev–Trinajstić information content (AvgIpc) is 2.82. The largest absolute Gasteiger partial charge is 0.456 e. The van der Waals surface area contributed by atoms with Crippen LogP contribution in [-0.4, -0.2) is 59.9 Å². The number of carbonyl (C=O) groups excluding carboxylic acids is 1. The summed E-state index contributed by atoms with van der Waals surface area (Å²) in [5, 5.41) is 21.2. The van der Waals surface area contributed by atoms with Gasteiger partial charge in [-0.25, -0.2) is 4.79 Å². The van der Waals surface area contributed by atoms with Crippen LogP contribution in [0.2, 0.25) is 0 Å². The van der Waals surface area contributed by atoms with Crippen molar-refractivity contribution in [2.24, 2.45) is 5.92 Å². The smallest absolute Gasteiger partial charge is 0.330 e. The fraction of sp³-hybridized carbons (Fsp3) is 0.567. The van der Waals surface area contributed by atoms with Crippen molar-refractivity contribution in [3.8, 4) is 0 Å². The maximum absolute atomic E-state index is 12.0. The van der Waals surface area contributed by atoms with Crippen LogP contribution in [0.1, 0.15) is 59.3 Å². The molecule has 0 spiro atoms. The van der Waals surface area contributed by atoms with Crippen molar-refractivity contribution >= 4 is 5.97 Å². The van der Waals surface area contributed by atoms with Crippen LogP contribution in [0, 0.1) is 5.92 Å². The molecule has 6 nitrogen and oxygen atoms in total. The molecule has 0 saturated heterocycles. The summed E-state index contributed by atoms with van der Waals surface area (Å²) in [6, 6.07) is 0. The predicted molar refractivity (Wildman–Crippen MR) is 143 cm³/mol. The zero-order valence-corrected chi connectivity index (χ0v) is 22.1. The summed E-state index contributed by atoms with van der Waals surface area (Å²) in [5.41, 5.74) is 2.23. The number of hydrogen-bond donors (Lipinski definition) is 2. The molecule has 2 aliphatic rings. The summed E-state index contributed by atoms with van der Waals surface area (Å²) < 4.78 is 16.9. The van der Waals surface area contributed by atoms with E-state index in [4.69, 9.17) is 14.2 Å². The number of esters is 1. The van der Waals surface area contributed by atoms with Gasteiger partial charge in [0.15, 0.2) is 0 Å². The van der Waals surface area contributed by atoms with E-state index in [2.05, 4.69) is 26.5 Å². The SMILES string of the molecule is C=C(CC(C)CC1CC=CCO1)C[C@@H](O)/C=C/CC(OC(=O)/C=C\C)C(O)/C=C/C1CC(C)=CCO1. The van der Waals surface area contributed by atoms with E-state index in [9.17, 15) is 15.0 Å². The van der Waals surface area contributed by atoms with Crippen molar-refractivity contribution in [3.63, 3.8) is 0 Å². The van der Waals surface area contributed by atoms with Gasteiger partial charge in [0.1, 0.15) is 12.2 Å². The molecule has 0 bridgehead atoms. The van der Waals surface area contributed by atoms with Crippen LogP contribution in [0.5, 0.6) is 0 Å². The van der Waals surface area contributed by atoms with Gasteiger partial charge in [-0.2, -0.15) is 0 Å². The molecule has 5 unspecified atom stereocenters. The molecule has 2 aliphatic heterocycles. The monoisotopic (exact) mass is 500 g/mol. The first-order valence-corrected chi connectivity index (χ1v) is 13.0. The lowest BCUT2D eigenvalue weighted by molar-refractivity contribution is -0.147. The molecule has 6 heteroatoms. The number of carbonyl (C=O) groups is 1. The number of hydrogen-bond acceptors (Lipinski definition) is 6. The third-order valence-corrected chi connectivity index (χ3v) is 6.26. The lowest BCUT2D eigenvalue weighted by Crippen LogP contribution is -2.29. The molecular weight excluding hydrogens is 456 g/mol. The van der Waals surface area contributed by atoms with Crippen molar-refractivity contribution < 1.29 is 29.2 Å². The van der Waals surface area contributed by atoms with Crippen LogP contribution in [0.4, 0.5) is 0 Å². The Morgan fingerprint density at radius 1 is 1.22 bits per heavy atom. The van der Waals surface area contributed by atoms with Crippen molar-refractivity contribution in [2.45, 2.75) is 89.8 Å². The molecule has 2 heterocycles. The Labute approximate surface area is 216 Å². The van der Waals surface area contributed by atoms with Crippen molar-refractivity contribution in [1.82, 2.24) is 0 Å². The summed E-state index contributed by atoms with van der Waals surface area (Å²) in [6.07, 6.45) is 18.0. The Morgan fingerprint density at radius 3 is 2.72 bits per heavy atom. The number of rotatable bonds is 14. The molecule has 0 aromatic heterocycles. The molecule has 2 N–H and O–H groups in total. The molecule has 0 aromatic carbocycles. The Bertz CT molecular complexity index is 836. The van der Waals surface area contributed by atoms with E-state index >= 15 is 0 Å². The van der Waals surface area contributed by atoms with Gasteiger partial charge < -0.3 is 24.4 Å². The summed E-state index contributed by atoms with van der Waals surface area (Å²) in [6.45, 7) is 11.3. The number of aliphatic hydroxyl groups excluding tert-OH is 2. The van der Waals surface area contributed by atoms with Gasteiger partial charge in [-0.05, 0) is 51.9 Å². The van der Waals surface area contributed by atoms with Crippen LogP contribution >= 0.6 is 0 Å². The zero-order chi connectivity index (χ0) is 26.3. The normalized spacial score (nSPS) is 24.1. The van der Waals surface area contributed by atoms with Crippen LogP contribution in [0.25, 0.3) is 0 Å². The van der Waals surface area contributed by atoms with E-state index in [1.165, 1.54) is 11.6 Å². The predicted octanol–water partition coefficient (Wildman–Crippen LogP) is 5.14. The Kier molecular flexibility index (Phi) is 13.7. The van der Waals surface area contributed by atoms with Crippen molar-refractivity contribution in [1.29, 1.82) is 0 Å². The summed E-state index contributed by atoms with van der Waals surface area (Å²) in [4.78, 5) is 12.0. The third kappa shape index (κ3) is 12.1. The first-order chi connectivity index (χ1) is 17.3. The van der Waals surface area contributed by atoms with Gasteiger partial charge >= 0.3 is 5.97 Å². The van der Waals surface area contributed by atoms with Crippen LogP contribution < -0.4 is 0 Å². The highest BCUT2D eigenvalue weighted by Crippen LogP contribution is 2.23. The molecule has 200 valence electrons. The summed E-state index contributed by atoms with van der Waals surface area (Å²) in [5.74, 6) is -0.0913. The topological polar surface area (TPSA) is 85.2 Å². The molecule has 6 atom stereocenters. The maximum Gasteiger partial charge on any atom is 0.330 e. The van der Waals surface area contributed by atoms with E-state index in [0.717, 1.165) is 31.3 Å². The van der Waals surface area contributed by atoms with Crippen LogP contribution in [0.3, 0.4) is 0 Å². The Hall–Kier alpha value is -2.25. The number of ether oxygens (including phenoxy) is 3. The maximum atomic E-state index is 12.0. The van der Waals surface area contributed by atoms with Gasteiger partial charge in [-0.3, -0.25) is 0 Å². The first kappa shape index (κ1) is 30.0. The Morgan fingerprint density at radius 2 is 2.03 bits per heavy atom. The lowest BCUT2D eigenvalue weighted by atomic mass is 9.92. The van der Waals surface area contributed by atoms with Gasteiger partial charge in [0, 0.05) is 12.5 Å². The van der Waals surface area contributed by atoms with E-state index in [1.54, 1.807) is 31.2 Å². The highest BCUT2D eigenvalue weighted by molar-refractivity contribution is 5.82. The van der Waals surface area contributed by atoms with Gasteiger partial charge in [-0.15, -0.1) is 0 Å². The first-order valence-electron chi connectivity index (χ1n) is 13.0. The molecule has 0 aromatic rings. The highest BCUT2D eigenvalue weighted by atomic mass is 16.6. The number of aliphatic hydroxyl groups is 2.